The molecule has 1 aromatic heterocycles. The van der Waals surface area contributed by atoms with Gasteiger partial charge in [0.05, 0.1) is 13.2 Å². The zero-order valence-electron chi connectivity index (χ0n) is 9.86. The third-order valence-corrected chi connectivity index (χ3v) is 3.45. The summed E-state index contributed by atoms with van der Waals surface area (Å²) in [5.41, 5.74) is 2.71. The van der Waals surface area contributed by atoms with Crippen molar-refractivity contribution in [3.63, 3.8) is 0 Å². The van der Waals surface area contributed by atoms with Gasteiger partial charge in [-0.05, 0) is 18.1 Å². The molecule has 1 aliphatic heterocycles. The number of fused-ring (bicyclic) bond motifs is 1. The van der Waals surface area contributed by atoms with Gasteiger partial charge in [0.25, 0.3) is 0 Å². The number of carbonyl (C=O) groups excluding carboxylic acids is 1. The molecule has 0 amide bonds. The minimum Gasteiger partial charge on any atom is -0.347 e. The molecule has 0 atom stereocenters. The van der Waals surface area contributed by atoms with Crippen LogP contribution < -0.4 is 0 Å². The normalized spacial score (nSPS) is 21.5. The van der Waals surface area contributed by atoms with Crippen LogP contribution in [0.25, 0.3) is 0 Å². The number of hydrogen-bond donors (Lipinski definition) is 0. The Morgan fingerprint density at radius 1 is 1.35 bits per heavy atom. The monoisotopic (exact) mass is 233 g/mol. The van der Waals surface area contributed by atoms with Crippen molar-refractivity contribution in [2.24, 2.45) is 0 Å². The second-order valence-electron chi connectivity index (χ2n) is 4.64. The summed E-state index contributed by atoms with van der Waals surface area (Å²) in [6.07, 6.45) is 2.39. The SMILES string of the molecule is CC(=O)c1ccc2c(n1)CCC1(C2)OCCO1. The molecule has 17 heavy (non-hydrogen) atoms. The van der Waals surface area contributed by atoms with Crippen LogP contribution in [0.15, 0.2) is 12.1 Å². The van der Waals surface area contributed by atoms with E-state index in [1.807, 2.05) is 6.07 Å². The van der Waals surface area contributed by atoms with Crippen LogP contribution in [0.1, 0.15) is 35.1 Å². The number of ether oxygens (including phenoxy) is 2. The Hall–Kier alpha value is -1.26. The van der Waals surface area contributed by atoms with Crippen molar-refractivity contribution in [2.45, 2.75) is 32.0 Å². The number of aryl methyl sites for hydroxylation is 1. The van der Waals surface area contributed by atoms with E-state index < -0.39 is 5.79 Å². The lowest BCUT2D eigenvalue weighted by atomic mass is 9.90. The predicted octanol–water partition coefficient (Wildman–Crippen LogP) is 1.52. The van der Waals surface area contributed by atoms with Crippen molar-refractivity contribution in [2.75, 3.05) is 13.2 Å². The highest BCUT2D eigenvalue weighted by Gasteiger charge is 2.40. The van der Waals surface area contributed by atoms with E-state index in [0.29, 0.717) is 18.9 Å². The molecule has 1 aliphatic carbocycles. The van der Waals surface area contributed by atoms with Crippen LogP contribution in [0.2, 0.25) is 0 Å². The molecular weight excluding hydrogens is 218 g/mol. The Morgan fingerprint density at radius 2 is 2.12 bits per heavy atom. The second-order valence-corrected chi connectivity index (χ2v) is 4.64. The van der Waals surface area contributed by atoms with Crippen LogP contribution in [0.5, 0.6) is 0 Å². The van der Waals surface area contributed by atoms with E-state index in [2.05, 4.69) is 4.98 Å². The topological polar surface area (TPSA) is 48.4 Å². The van der Waals surface area contributed by atoms with Crippen molar-refractivity contribution >= 4 is 5.78 Å². The summed E-state index contributed by atoms with van der Waals surface area (Å²) in [4.78, 5) is 15.7. The van der Waals surface area contributed by atoms with E-state index in [-0.39, 0.29) is 5.78 Å². The van der Waals surface area contributed by atoms with Gasteiger partial charge in [0, 0.05) is 25.5 Å². The van der Waals surface area contributed by atoms with Gasteiger partial charge in [0.1, 0.15) is 5.69 Å². The molecule has 4 heteroatoms. The highest BCUT2D eigenvalue weighted by Crippen LogP contribution is 2.34. The van der Waals surface area contributed by atoms with Crippen LogP contribution in [0, 0.1) is 0 Å². The number of rotatable bonds is 1. The van der Waals surface area contributed by atoms with E-state index in [4.69, 9.17) is 9.47 Å². The lowest BCUT2D eigenvalue weighted by Crippen LogP contribution is -2.37. The van der Waals surface area contributed by atoms with Crippen molar-refractivity contribution in [3.05, 3.63) is 29.1 Å². The maximum absolute atomic E-state index is 11.3. The third-order valence-electron chi connectivity index (χ3n) is 3.45. The molecule has 0 unspecified atom stereocenters. The first-order valence-corrected chi connectivity index (χ1v) is 5.96. The van der Waals surface area contributed by atoms with Crippen molar-refractivity contribution < 1.29 is 14.3 Å². The van der Waals surface area contributed by atoms with Crippen LogP contribution in [-0.4, -0.2) is 29.8 Å². The maximum Gasteiger partial charge on any atom is 0.178 e. The first-order valence-electron chi connectivity index (χ1n) is 5.96. The maximum atomic E-state index is 11.3. The summed E-state index contributed by atoms with van der Waals surface area (Å²) in [5.74, 6) is -0.409. The van der Waals surface area contributed by atoms with E-state index in [0.717, 1.165) is 30.5 Å². The Morgan fingerprint density at radius 3 is 2.82 bits per heavy atom. The summed E-state index contributed by atoms with van der Waals surface area (Å²) >= 11 is 0. The average Bonchev–Trinajstić information content (AvgIpc) is 2.76. The Kier molecular flexibility index (Phi) is 2.49. The number of hydrogen-bond acceptors (Lipinski definition) is 4. The smallest absolute Gasteiger partial charge is 0.178 e. The van der Waals surface area contributed by atoms with Crippen molar-refractivity contribution in [3.8, 4) is 0 Å². The molecular formula is C13H15NO3. The minimum absolute atomic E-state index is 0.0152. The Labute approximate surface area is 99.9 Å². The summed E-state index contributed by atoms with van der Waals surface area (Å²) in [5, 5.41) is 0. The molecule has 0 N–H and O–H groups in total. The fourth-order valence-corrected chi connectivity index (χ4v) is 2.53. The Balaban J connectivity index is 1.91. The molecule has 1 spiro atoms. The molecule has 90 valence electrons. The zero-order chi connectivity index (χ0) is 11.9. The van der Waals surface area contributed by atoms with E-state index >= 15 is 0 Å². The molecule has 2 heterocycles. The molecule has 2 aliphatic rings. The van der Waals surface area contributed by atoms with Crippen LogP contribution in [0.3, 0.4) is 0 Å². The molecule has 1 aromatic rings. The molecule has 0 radical (unpaired) electrons. The highest BCUT2D eigenvalue weighted by molar-refractivity contribution is 5.92. The molecule has 1 saturated heterocycles. The largest absolute Gasteiger partial charge is 0.347 e. The summed E-state index contributed by atoms with van der Waals surface area (Å²) < 4.78 is 11.4. The van der Waals surface area contributed by atoms with Crippen LogP contribution in [-0.2, 0) is 22.3 Å². The third kappa shape index (κ3) is 1.87. The van der Waals surface area contributed by atoms with E-state index in [1.165, 1.54) is 0 Å². The van der Waals surface area contributed by atoms with Gasteiger partial charge >= 0.3 is 0 Å². The van der Waals surface area contributed by atoms with Crippen molar-refractivity contribution in [1.82, 2.24) is 4.98 Å². The lowest BCUT2D eigenvalue weighted by molar-refractivity contribution is -0.164. The fourth-order valence-electron chi connectivity index (χ4n) is 2.53. The number of aromatic nitrogens is 1. The standard InChI is InChI=1S/C13H15NO3/c1-9(15)11-3-2-10-8-13(16-6-7-17-13)5-4-12(10)14-11/h2-3H,4-8H2,1H3. The highest BCUT2D eigenvalue weighted by atomic mass is 16.7. The molecule has 3 rings (SSSR count). The summed E-state index contributed by atoms with van der Waals surface area (Å²) in [7, 11) is 0. The first-order chi connectivity index (χ1) is 8.19. The van der Waals surface area contributed by atoms with Gasteiger partial charge in [-0.2, -0.15) is 0 Å². The van der Waals surface area contributed by atoms with Crippen LogP contribution in [0.4, 0.5) is 0 Å². The van der Waals surface area contributed by atoms with E-state index in [9.17, 15) is 4.79 Å². The molecule has 0 aromatic carbocycles. The van der Waals surface area contributed by atoms with Crippen LogP contribution >= 0.6 is 0 Å². The van der Waals surface area contributed by atoms with Gasteiger partial charge in [0.2, 0.25) is 0 Å². The minimum atomic E-state index is -0.424. The number of nitrogens with zero attached hydrogens (tertiary/aromatic N) is 1. The van der Waals surface area contributed by atoms with Gasteiger partial charge in [-0.3, -0.25) is 4.79 Å². The Bertz CT molecular complexity index is 464. The molecule has 0 saturated carbocycles. The second kappa shape index (κ2) is 3.89. The number of pyridine rings is 1. The molecule has 4 nitrogen and oxygen atoms in total. The molecule has 0 bridgehead atoms. The molecule has 1 fully saturated rings. The lowest BCUT2D eigenvalue weighted by Gasteiger charge is -2.32. The van der Waals surface area contributed by atoms with Gasteiger partial charge in [-0.15, -0.1) is 0 Å². The predicted molar refractivity (Wildman–Crippen MR) is 60.9 cm³/mol. The van der Waals surface area contributed by atoms with Gasteiger partial charge in [-0.1, -0.05) is 6.07 Å². The zero-order valence-corrected chi connectivity index (χ0v) is 9.86. The fraction of sp³-hybridized carbons (Fsp3) is 0.538. The first kappa shape index (κ1) is 10.9. The summed E-state index contributed by atoms with van der Waals surface area (Å²) in [6.45, 7) is 2.89. The number of carbonyl (C=O) groups is 1. The van der Waals surface area contributed by atoms with Gasteiger partial charge < -0.3 is 9.47 Å². The number of Topliss-reactive ketones (excluding diaryl/α,β-unsaturated/α-hetero) is 1. The average molecular weight is 233 g/mol. The van der Waals surface area contributed by atoms with Crippen molar-refractivity contribution in [1.29, 1.82) is 0 Å². The quantitative estimate of drug-likeness (QED) is 0.690. The van der Waals surface area contributed by atoms with Gasteiger partial charge in [-0.25, -0.2) is 4.98 Å². The van der Waals surface area contributed by atoms with Gasteiger partial charge in [0.15, 0.2) is 11.6 Å². The van der Waals surface area contributed by atoms with E-state index in [1.54, 1.807) is 13.0 Å². The number of ketones is 1. The summed E-state index contributed by atoms with van der Waals surface area (Å²) in [6, 6.07) is 3.76.